The lowest BCUT2D eigenvalue weighted by atomic mass is 9.87. The van der Waals surface area contributed by atoms with Gasteiger partial charge < -0.3 is 14.5 Å². The van der Waals surface area contributed by atoms with E-state index in [2.05, 4.69) is 16.0 Å². The van der Waals surface area contributed by atoms with E-state index in [0.29, 0.717) is 29.3 Å². The lowest BCUT2D eigenvalue weighted by molar-refractivity contribution is -0.122. The van der Waals surface area contributed by atoms with Gasteiger partial charge in [-0.3, -0.25) is 9.59 Å². The predicted octanol–water partition coefficient (Wildman–Crippen LogP) is 5.35. The van der Waals surface area contributed by atoms with Crippen LogP contribution < -0.4 is 10.3 Å². The Morgan fingerprint density at radius 1 is 1.25 bits per heavy atom. The fraction of sp³-hybridized carbons (Fsp3) is 0.577. The Morgan fingerprint density at radius 3 is 2.78 bits per heavy atom. The molecule has 0 saturated heterocycles. The Bertz CT molecular complexity index is 1000. The van der Waals surface area contributed by atoms with Gasteiger partial charge in [-0.2, -0.15) is 0 Å². The first-order valence-corrected chi connectivity index (χ1v) is 11.7. The van der Waals surface area contributed by atoms with Gasteiger partial charge >= 0.3 is 0 Å². The number of hydrogen-bond donors (Lipinski definition) is 1. The average molecular weight is 441 g/mol. The van der Waals surface area contributed by atoms with E-state index in [1.807, 2.05) is 32.9 Å². The number of rotatable bonds is 10. The van der Waals surface area contributed by atoms with Crippen LogP contribution in [0.25, 0.3) is 11.0 Å². The largest absolute Gasteiger partial charge is 0.497 e. The molecular formula is C26H36N2O4. The number of allylic oxidation sites excluding steroid dienone is 2. The molecule has 1 aliphatic rings. The van der Waals surface area contributed by atoms with Gasteiger partial charge in [0.2, 0.25) is 0 Å². The Labute approximate surface area is 190 Å². The van der Waals surface area contributed by atoms with Crippen LogP contribution in [0, 0.1) is 11.3 Å². The number of carbonyl (C=O) groups is 1. The standard InChI is InChI=1S/C26H36N2O4/c1-26(2,3)24(17-29)32-23-13-9-8-11-18(23)10-6-5-7-12-21-25(30)28-22-16-19(31-4)14-15-20(22)27-21/h13-18,24H,5-12H2,1-4H3,(H,28,30)/t18?,24-/m1/s1. The van der Waals surface area contributed by atoms with Gasteiger partial charge in [-0.25, -0.2) is 4.98 Å². The second-order valence-electron chi connectivity index (χ2n) is 9.77. The summed E-state index contributed by atoms with van der Waals surface area (Å²) in [5, 5.41) is 0. The summed E-state index contributed by atoms with van der Waals surface area (Å²) >= 11 is 0. The van der Waals surface area contributed by atoms with Crippen LogP contribution in [-0.2, 0) is 16.0 Å². The molecule has 6 heteroatoms. The predicted molar refractivity (Wildman–Crippen MR) is 127 cm³/mol. The summed E-state index contributed by atoms with van der Waals surface area (Å²) in [5.74, 6) is 2.07. The third-order valence-corrected chi connectivity index (χ3v) is 6.18. The van der Waals surface area contributed by atoms with Crippen LogP contribution in [0.4, 0.5) is 0 Å². The molecule has 0 aliphatic heterocycles. The summed E-state index contributed by atoms with van der Waals surface area (Å²) in [6.07, 6.45) is 10.7. The third-order valence-electron chi connectivity index (χ3n) is 6.18. The molecule has 0 amide bonds. The van der Waals surface area contributed by atoms with Crippen molar-refractivity contribution in [1.82, 2.24) is 9.97 Å². The number of aryl methyl sites for hydroxylation is 1. The highest BCUT2D eigenvalue weighted by Crippen LogP contribution is 2.33. The Balaban J connectivity index is 1.51. The summed E-state index contributed by atoms with van der Waals surface area (Å²) < 4.78 is 11.4. The van der Waals surface area contributed by atoms with Crippen molar-refractivity contribution in [2.24, 2.45) is 11.3 Å². The minimum absolute atomic E-state index is 0.126. The van der Waals surface area contributed by atoms with E-state index in [0.717, 1.165) is 56.1 Å². The number of benzene rings is 1. The molecule has 1 aromatic carbocycles. The normalized spacial score (nSPS) is 17.6. The molecule has 1 aromatic heterocycles. The molecule has 3 rings (SSSR count). The minimum Gasteiger partial charge on any atom is -0.497 e. The number of aromatic amines is 1. The first-order valence-electron chi connectivity index (χ1n) is 11.7. The van der Waals surface area contributed by atoms with Gasteiger partial charge in [0.15, 0.2) is 12.4 Å². The molecule has 0 radical (unpaired) electrons. The van der Waals surface area contributed by atoms with E-state index in [9.17, 15) is 9.59 Å². The number of ether oxygens (including phenoxy) is 2. The molecule has 2 atom stereocenters. The Hall–Kier alpha value is -2.63. The molecule has 1 aliphatic carbocycles. The summed E-state index contributed by atoms with van der Waals surface area (Å²) in [6, 6.07) is 5.51. The highest BCUT2D eigenvalue weighted by molar-refractivity contribution is 5.75. The van der Waals surface area contributed by atoms with Gasteiger partial charge in [-0.05, 0) is 56.7 Å². The summed E-state index contributed by atoms with van der Waals surface area (Å²) in [4.78, 5) is 31.4. The maximum absolute atomic E-state index is 12.4. The van der Waals surface area contributed by atoms with Crippen molar-refractivity contribution in [1.29, 1.82) is 0 Å². The fourth-order valence-electron chi connectivity index (χ4n) is 4.16. The molecule has 0 spiro atoms. The number of nitrogens with zero attached hydrogens (tertiary/aromatic N) is 1. The average Bonchev–Trinajstić information content (AvgIpc) is 2.77. The maximum atomic E-state index is 12.4. The summed E-state index contributed by atoms with van der Waals surface area (Å²) in [7, 11) is 1.60. The number of hydrogen-bond acceptors (Lipinski definition) is 5. The molecule has 0 fully saturated rings. The summed E-state index contributed by atoms with van der Waals surface area (Å²) in [6.45, 7) is 6.09. The molecule has 32 heavy (non-hydrogen) atoms. The van der Waals surface area contributed by atoms with Crippen LogP contribution in [0.15, 0.2) is 34.8 Å². The van der Waals surface area contributed by atoms with E-state index < -0.39 is 6.10 Å². The molecule has 1 N–H and O–H groups in total. The second-order valence-corrected chi connectivity index (χ2v) is 9.77. The van der Waals surface area contributed by atoms with Gasteiger partial charge in [0.1, 0.15) is 11.4 Å². The topological polar surface area (TPSA) is 81.3 Å². The van der Waals surface area contributed by atoms with Crippen molar-refractivity contribution in [2.45, 2.75) is 78.2 Å². The van der Waals surface area contributed by atoms with Gasteiger partial charge in [0.25, 0.3) is 5.56 Å². The number of H-pyrrole nitrogens is 1. The van der Waals surface area contributed by atoms with Crippen molar-refractivity contribution in [3.05, 3.63) is 46.1 Å². The van der Waals surface area contributed by atoms with Crippen LogP contribution in [0.2, 0.25) is 0 Å². The van der Waals surface area contributed by atoms with Crippen molar-refractivity contribution < 1.29 is 14.3 Å². The van der Waals surface area contributed by atoms with E-state index in [4.69, 9.17) is 9.47 Å². The zero-order valence-electron chi connectivity index (χ0n) is 19.8. The number of aldehydes is 1. The number of carbonyl (C=O) groups excluding carboxylic acids is 1. The van der Waals surface area contributed by atoms with E-state index in [1.165, 1.54) is 6.42 Å². The molecule has 6 nitrogen and oxygen atoms in total. The number of aromatic nitrogens is 2. The summed E-state index contributed by atoms with van der Waals surface area (Å²) in [5.41, 5.74) is 1.72. The Morgan fingerprint density at radius 2 is 2.06 bits per heavy atom. The zero-order valence-corrected chi connectivity index (χ0v) is 19.8. The molecular weight excluding hydrogens is 404 g/mol. The molecule has 2 aromatic rings. The van der Waals surface area contributed by atoms with E-state index >= 15 is 0 Å². The molecule has 1 heterocycles. The number of methoxy groups -OCH3 is 1. The van der Waals surface area contributed by atoms with Crippen molar-refractivity contribution in [3.8, 4) is 5.75 Å². The number of nitrogens with one attached hydrogen (secondary N) is 1. The third kappa shape index (κ3) is 6.21. The van der Waals surface area contributed by atoms with Crippen LogP contribution >= 0.6 is 0 Å². The smallest absolute Gasteiger partial charge is 0.270 e. The SMILES string of the molecule is COc1ccc2nc(CCCCCC3CCCC=C3O[C@H](C=O)C(C)(C)C)c(=O)[nH]c2c1. The van der Waals surface area contributed by atoms with Crippen LogP contribution in [0.3, 0.4) is 0 Å². The highest BCUT2D eigenvalue weighted by Gasteiger charge is 2.29. The first-order chi connectivity index (χ1) is 15.3. The lowest BCUT2D eigenvalue weighted by Crippen LogP contribution is -2.32. The van der Waals surface area contributed by atoms with Gasteiger partial charge in [-0.1, -0.05) is 33.6 Å². The maximum Gasteiger partial charge on any atom is 0.270 e. The van der Waals surface area contributed by atoms with Gasteiger partial charge in [0, 0.05) is 17.4 Å². The zero-order chi connectivity index (χ0) is 23.1. The van der Waals surface area contributed by atoms with Crippen molar-refractivity contribution in [2.75, 3.05) is 7.11 Å². The fourth-order valence-corrected chi connectivity index (χ4v) is 4.16. The quantitative estimate of drug-likeness (QED) is 0.398. The van der Waals surface area contributed by atoms with Crippen molar-refractivity contribution >= 4 is 17.3 Å². The highest BCUT2D eigenvalue weighted by atomic mass is 16.5. The van der Waals surface area contributed by atoms with Crippen LogP contribution in [-0.4, -0.2) is 29.5 Å². The van der Waals surface area contributed by atoms with E-state index in [1.54, 1.807) is 13.2 Å². The van der Waals surface area contributed by atoms with Crippen LogP contribution in [0.5, 0.6) is 5.75 Å². The number of unbranched alkanes of at least 4 members (excludes halogenated alkanes) is 2. The lowest BCUT2D eigenvalue weighted by Gasteiger charge is -2.32. The van der Waals surface area contributed by atoms with Gasteiger partial charge in [-0.15, -0.1) is 0 Å². The number of fused-ring (bicyclic) bond motifs is 1. The van der Waals surface area contributed by atoms with Gasteiger partial charge in [0.05, 0.1) is 23.9 Å². The molecule has 0 bridgehead atoms. The Kier molecular flexibility index (Phi) is 8.10. The molecule has 174 valence electrons. The van der Waals surface area contributed by atoms with Crippen LogP contribution in [0.1, 0.15) is 71.4 Å². The first kappa shape index (κ1) is 24.0. The minimum atomic E-state index is -0.417. The molecule has 1 unspecified atom stereocenters. The second kappa shape index (κ2) is 10.8. The van der Waals surface area contributed by atoms with Crippen molar-refractivity contribution in [3.63, 3.8) is 0 Å². The molecule has 0 saturated carbocycles. The van der Waals surface area contributed by atoms with E-state index in [-0.39, 0.29) is 11.0 Å². The monoisotopic (exact) mass is 440 g/mol.